The van der Waals surface area contributed by atoms with Crippen LogP contribution in [-0.2, 0) is 11.2 Å². The van der Waals surface area contributed by atoms with Gasteiger partial charge in [-0.2, -0.15) is 0 Å². The molecule has 0 aliphatic rings. The number of pyridine rings is 1. The Bertz CT molecular complexity index is 605. The predicted octanol–water partition coefficient (Wildman–Crippen LogP) is 3.53. The van der Waals surface area contributed by atoms with Crippen LogP contribution >= 0.6 is 0 Å². The standard InChI is InChI=1S/C16H17NO2/c1-3-5-10-14-15(16(18)19-4-2)13-9-7-6-8-12(13)11-17-14/h3,6-9,11H,1,4-5,10H2,2H3. The fourth-order valence-electron chi connectivity index (χ4n) is 2.06. The van der Waals surface area contributed by atoms with Crippen LogP contribution in [0.15, 0.2) is 43.1 Å². The Morgan fingerprint density at radius 3 is 2.95 bits per heavy atom. The second-order valence-electron chi connectivity index (χ2n) is 4.21. The van der Waals surface area contributed by atoms with E-state index in [9.17, 15) is 4.79 Å². The molecule has 1 heterocycles. The van der Waals surface area contributed by atoms with Crippen molar-refractivity contribution < 1.29 is 9.53 Å². The Hall–Kier alpha value is -2.16. The molecule has 2 aromatic rings. The highest BCUT2D eigenvalue weighted by Gasteiger charge is 2.17. The van der Waals surface area contributed by atoms with Gasteiger partial charge in [0.25, 0.3) is 0 Å². The molecule has 0 atom stereocenters. The molecule has 2 rings (SSSR count). The van der Waals surface area contributed by atoms with Crippen LogP contribution < -0.4 is 0 Å². The molecule has 0 aliphatic heterocycles. The highest BCUT2D eigenvalue weighted by Crippen LogP contribution is 2.22. The van der Waals surface area contributed by atoms with Crippen LogP contribution in [0.25, 0.3) is 10.8 Å². The van der Waals surface area contributed by atoms with Gasteiger partial charge < -0.3 is 4.74 Å². The van der Waals surface area contributed by atoms with Crippen molar-refractivity contribution >= 4 is 16.7 Å². The second kappa shape index (κ2) is 6.14. The number of ether oxygens (including phenoxy) is 1. The van der Waals surface area contributed by atoms with Crippen LogP contribution in [0.2, 0.25) is 0 Å². The SMILES string of the molecule is C=CCCc1ncc2ccccc2c1C(=O)OCC. The van der Waals surface area contributed by atoms with Crippen molar-refractivity contribution in [3.63, 3.8) is 0 Å². The normalized spacial score (nSPS) is 10.4. The zero-order valence-electron chi connectivity index (χ0n) is 11.1. The number of allylic oxidation sites excluding steroid dienone is 1. The number of esters is 1. The van der Waals surface area contributed by atoms with Gasteiger partial charge in [-0.1, -0.05) is 30.3 Å². The molecule has 98 valence electrons. The van der Waals surface area contributed by atoms with E-state index < -0.39 is 0 Å². The van der Waals surface area contributed by atoms with Crippen LogP contribution in [0, 0.1) is 0 Å². The topological polar surface area (TPSA) is 39.2 Å². The van der Waals surface area contributed by atoms with E-state index in [0.29, 0.717) is 18.6 Å². The van der Waals surface area contributed by atoms with Crippen molar-refractivity contribution in [3.05, 3.63) is 54.4 Å². The number of aryl methyl sites for hydroxylation is 1. The quantitative estimate of drug-likeness (QED) is 0.606. The molecular formula is C16H17NO2. The summed E-state index contributed by atoms with van der Waals surface area (Å²) in [6.45, 7) is 5.87. The number of aromatic nitrogens is 1. The van der Waals surface area contributed by atoms with Crippen LogP contribution in [0.3, 0.4) is 0 Å². The first kappa shape index (κ1) is 13.3. The number of hydrogen-bond donors (Lipinski definition) is 0. The molecule has 0 fully saturated rings. The maximum atomic E-state index is 12.2. The molecule has 0 spiro atoms. The molecule has 1 aromatic heterocycles. The summed E-state index contributed by atoms with van der Waals surface area (Å²) >= 11 is 0. The van der Waals surface area contributed by atoms with E-state index in [2.05, 4.69) is 11.6 Å². The van der Waals surface area contributed by atoms with Gasteiger partial charge in [0.1, 0.15) is 0 Å². The third-order valence-corrected chi connectivity index (χ3v) is 2.94. The molecule has 1 aromatic carbocycles. The molecule has 0 N–H and O–H groups in total. The van der Waals surface area contributed by atoms with Crippen molar-refractivity contribution in [1.29, 1.82) is 0 Å². The van der Waals surface area contributed by atoms with Crippen LogP contribution in [0.1, 0.15) is 29.4 Å². The lowest BCUT2D eigenvalue weighted by atomic mass is 10.0. The van der Waals surface area contributed by atoms with Crippen LogP contribution in [0.4, 0.5) is 0 Å². The molecule has 3 heteroatoms. The number of hydrogen-bond acceptors (Lipinski definition) is 3. The highest BCUT2D eigenvalue weighted by molar-refractivity contribution is 6.05. The summed E-state index contributed by atoms with van der Waals surface area (Å²) in [6.07, 6.45) is 5.11. The lowest BCUT2D eigenvalue weighted by molar-refractivity contribution is 0.0527. The number of carbonyl (C=O) groups excluding carboxylic acids is 1. The van der Waals surface area contributed by atoms with Gasteiger partial charge in [0.2, 0.25) is 0 Å². The number of rotatable bonds is 5. The Balaban J connectivity index is 2.57. The first-order valence-corrected chi connectivity index (χ1v) is 6.42. The molecule has 3 nitrogen and oxygen atoms in total. The summed E-state index contributed by atoms with van der Waals surface area (Å²) < 4.78 is 5.15. The predicted molar refractivity (Wildman–Crippen MR) is 76.2 cm³/mol. The maximum Gasteiger partial charge on any atom is 0.340 e. The molecule has 0 bridgehead atoms. The highest BCUT2D eigenvalue weighted by atomic mass is 16.5. The van der Waals surface area contributed by atoms with Crippen molar-refractivity contribution in [2.45, 2.75) is 19.8 Å². The van der Waals surface area contributed by atoms with Gasteiger partial charge in [-0.3, -0.25) is 4.98 Å². The molecule has 0 aliphatic carbocycles. The van der Waals surface area contributed by atoms with Gasteiger partial charge in [0.15, 0.2) is 0 Å². The second-order valence-corrected chi connectivity index (χ2v) is 4.21. The first-order chi connectivity index (χ1) is 9.27. The van der Waals surface area contributed by atoms with E-state index >= 15 is 0 Å². The minimum Gasteiger partial charge on any atom is -0.462 e. The lowest BCUT2D eigenvalue weighted by Gasteiger charge is -2.10. The van der Waals surface area contributed by atoms with E-state index in [1.54, 1.807) is 13.1 Å². The summed E-state index contributed by atoms with van der Waals surface area (Å²) in [5, 5.41) is 1.85. The van der Waals surface area contributed by atoms with Gasteiger partial charge >= 0.3 is 5.97 Å². The molecule has 0 saturated heterocycles. The van der Waals surface area contributed by atoms with Crippen LogP contribution in [0.5, 0.6) is 0 Å². The Morgan fingerprint density at radius 2 is 2.21 bits per heavy atom. The van der Waals surface area contributed by atoms with Gasteiger partial charge in [-0.15, -0.1) is 6.58 Å². The molecule has 19 heavy (non-hydrogen) atoms. The minimum absolute atomic E-state index is 0.300. The van der Waals surface area contributed by atoms with E-state index in [-0.39, 0.29) is 5.97 Å². The molecule has 0 amide bonds. The Labute approximate surface area is 112 Å². The summed E-state index contributed by atoms with van der Waals surface area (Å²) in [4.78, 5) is 16.6. The Kier molecular flexibility index (Phi) is 4.29. The minimum atomic E-state index is -0.300. The van der Waals surface area contributed by atoms with E-state index in [4.69, 9.17) is 4.74 Å². The lowest BCUT2D eigenvalue weighted by Crippen LogP contribution is -2.10. The fourth-order valence-corrected chi connectivity index (χ4v) is 2.06. The van der Waals surface area contributed by atoms with Crippen LogP contribution in [-0.4, -0.2) is 17.6 Å². The number of fused-ring (bicyclic) bond motifs is 1. The Morgan fingerprint density at radius 1 is 1.42 bits per heavy atom. The van der Waals surface area contributed by atoms with E-state index in [1.807, 2.05) is 30.3 Å². The van der Waals surface area contributed by atoms with Crippen molar-refractivity contribution in [1.82, 2.24) is 4.98 Å². The van der Waals surface area contributed by atoms with Gasteiger partial charge in [-0.05, 0) is 25.2 Å². The monoisotopic (exact) mass is 255 g/mol. The smallest absolute Gasteiger partial charge is 0.340 e. The summed E-state index contributed by atoms with van der Waals surface area (Å²) in [5.41, 5.74) is 1.36. The average Bonchev–Trinajstić information content (AvgIpc) is 2.44. The summed E-state index contributed by atoms with van der Waals surface area (Å²) in [5.74, 6) is -0.300. The van der Waals surface area contributed by atoms with E-state index in [1.165, 1.54) is 0 Å². The number of nitrogens with zero attached hydrogens (tertiary/aromatic N) is 1. The van der Waals surface area contributed by atoms with Gasteiger partial charge in [0.05, 0.1) is 17.9 Å². The van der Waals surface area contributed by atoms with Gasteiger partial charge in [0, 0.05) is 11.6 Å². The van der Waals surface area contributed by atoms with Crippen molar-refractivity contribution in [2.75, 3.05) is 6.61 Å². The van der Waals surface area contributed by atoms with E-state index in [0.717, 1.165) is 22.9 Å². The molecular weight excluding hydrogens is 238 g/mol. The van der Waals surface area contributed by atoms with Crippen molar-refractivity contribution in [3.8, 4) is 0 Å². The molecule has 0 radical (unpaired) electrons. The maximum absolute atomic E-state index is 12.2. The fraction of sp³-hybridized carbons (Fsp3) is 0.250. The number of benzene rings is 1. The number of carbonyl (C=O) groups is 1. The van der Waals surface area contributed by atoms with Crippen molar-refractivity contribution in [2.24, 2.45) is 0 Å². The molecule has 0 saturated carbocycles. The first-order valence-electron chi connectivity index (χ1n) is 6.42. The summed E-state index contributed by atoms with van der Waals surface area (Å²) in [6, 6.07) is 7.73. The third-order valence-electron chi connectivity index (χ3n) is 2.94. The molecule has 0 unspecified atom stereocenters. The largest absolute Gasteiger partial charge is 0.462 e. The third kappa shape index (κ3) is 2.81. The zero-order valence-corrected chi connectivity index (χ0v) is 11.1. The average molecular weight is 255 g/mol. The summed E-state index contributed by atoms with van der Waals surface area (Å²) in [7, 11) is 0. The van der Waals surface area contributed by atoms with Gasteiger partial charge in [-0.25, -0.2) is 4.79 Å². The zero-order chi connectivity index (χ0) is 13.7.